The van der Waals surface area contributed by atoms with Crippen molar-refractivity contribution in [2.75, 3.05) is 5.32 Å². The number of anilines is 1. The molecule has 0 aliphatic heterocycles. The first-order chi connectivity index (χ1) is 8.06. The monoisotopic (exact) mass is 238 g/mol. The Balaban J connectivity index is 2.06. The first-order valence-corrected chi connectivity index (χ1v) is 6.02. The zero-order valence-corrected chi connectivity index (χ0v) is 10.1. The third-order valence-corrected chi connectivity index (χ3v) is 3.65. The maximum Gasteiger partial charge on any atom is 0.342 e. The van der Waals surface area contributed by atoms with E-state index < -0.39 is 11.2 Å². The van der Waals surface area contributed by atoms with Crippen LogP contribution in [0.5, 0.6) is 0 Å². The molecule has 1 aromatic heterocycles. The smallest absolute Gasteiger partial charge is 0.342 e. The molecular weight excluding hydrogens is 220 g/mol. The van der Waals surface area contributed by atoms with Gasteiger partial charge in [0.05, 0.1) is 0 Å². The molecule has 3 N–H and O–H groups in total. The SMILES string of the molecule is CC1CCC(Nc2n[nH]c(=O)[nH]c2=O)CC1C. The van der Waals surface area contributed by atoms with Crippen molar-refractivity contribution in [3.8, 4) is 0 Å². The fraction of sp³-hybridized carbons (Fsp3) is 0.727. The molecule has 0 saturated heterocycles. The van der Waals surface area contributed by atoms with Gasteiger partial charge in [0, 0.05) is 6.04 Å². The van der Waals surface area contributed by atoms with Gasteiger partial charge in [-0.2, -0.15) is 0 Å². The summed E-state index contributed by atoms with van der Waals surface area (Å²) in [5.74, 6) is 1.58. The van der Waals surface area contributed by atoms with Crippen LogP contribution in [0.15, 0.2) is 9.59 Å². The molecule has 1 aliphatic carbocycles. The van der Waals surface area contributed by atoms with E-state index in [4.69, 9.17) is 0 Å². The Bertz CT molecular complexity index is 493. The molecule has 17 heavy (non-hydrogen) atoms. The van der Waals surface area contributed by atoms with Crippen molar-refractivity contribution >= 4 is 5.82 Å². The number of H-pyrrole nitrogens is 2. The molecule has 6 nitrogen and oxygen atoms in total. The van der Waals surface area contributed by atoms with E-state index in [0.29, 0.717) is 5.92 Å². The molecule has 1 fully saturated rings. The van der Waals surface area contributed by atoms with Crippen LogP contribution in [0.1, 0.15) is 33.1 Å². The lowest BCUT2D eigenvalue weighted by atomic mass is 9.79. The maximum absolute atomic E-state index is 11.5. The highest BCUT2D eigenvalue weighted by molar-refractivity contribution is 5.30. The van der Waals surface area contributed by atoms with E-state index in [2.05, 4.69) is 34.3 Å². The number of nitrogens with one attached hydrogen (secondary N) is 3. The summed E-state index contributed by atoms with van der Waals surface area (Å²) < 4.78 is 0. The maximum atomic E-state index is 11.5. The summed E-state index contributed by atoms with van der Waals surface area (Å²) in [6.45, 7) is 4.48. The Kier molecular flexibility index (Phi) is 3.31. The highest BCUT2D eigenvalue weighted by Gasteiger charge is 2.25. The molecule has 1 aliphatic rings. The van der Waals surface area contributed by atoms with Crippen LogP contribution in [0.3, 0.4) is 0 Å². The number of nitrogens with zero attached hydrogens (tertiary/aromatic N) is 1. The fourth-order valence-corrected chi connectivity index (χ4v) is 2.32. The van der Waals surface area contributed by atoms with Gasteiger partial charge in [0.15, 0.2) is 0 Å². The molecule has 0 amide bonds. The lowest BCUT2D eigenvalue weighted by Gasteiger charge is -2.32. The summed E-state index contributed by atoms with van der Waals surface area (Å²) in [6.07, 6.45) is 3.22. The molecule has 1 heterocycles. The first kappa shape index (κ1) is 11.9. The molecule has 2 rings (SSSR count). The molecule has 0 aromatic carbocycles. The minimum atomic E-state index is -0.578. The molecule has 6 heteroatoms. The predicted octanol–water partition coefficient (Wildman–Crippen LogP) is 0.695. The summed E-state index contributed by atoms with van der Waals surface area (Å²) in [5, 5.41) is 9.05. The number of aromatic amines is 2. The van der Waals surface area contributed by atoms with Crippen LogP contribution < -0.4 is 16.6 Å². The quantitative estimate of drug-likeness (QED) is 0.707. The second-order valence-corrected chi connectivity index (χ2v) is 4.96. The number of rotatable bonds is 2. The van der Waals surface area contributed by atoms with E-state index >= 15 is 0 Å². The molecule has 0 bridgehead atoms. The van der Waals surface area contributed by atoms with Crippen LogP contribution in [0, 0.1) is 11.8 Å². The lowest BCUT2D eigenvalue weighted by molar-refractivity contribution is 0.260. The molecule has 1 aromatic rings. The Labute approximate surface area is 98.8 Å². The summed E-state index contributed by atoms with van der Waals surface area (Å²) in [5.41, 5.74) is -1.04. The number of aromatic nitrogens is 3. The van der Waals surface area contributed by atoms with Gasteiger partial charge in [-0.25, -0.2) is 9.89 Å². The van der Waals surface area contributed by atoms with Crippen LogP contribution in [-0.4, -0.2) is 21.2 Å². The third-order valence-electron chi connectivity index (χ3n) is 3.65. The van der Waals surface area contributed by atoms with Crippen molar-refractivity contribution in [2.24, 2.45) is 11.8 Å². The van der Waals surface area contributed by atoms with Gasteiger partial charge in [-0.15, -0.1) is 5.10 Å². The number of hydrogen-bond donors (Lipinski definition) is 3. The normalized spacial score (nSPS) is 28.9. The van der Waals surface area contributed by atoms with Crippen LogP contribution >= 0.6 is 0 Å². The summed E-state index contributed by atoms with van der Waals surface area (Å²) in [6, 6.07) is 0.265. The van der Waals surface area contributed by atoms with E-state index in [1.165, 1.54) is 0 Å². The lowest BCUT2D eigenvalue weighted by Crippen LogP contribution is -2.35. The summed E-state index contributed by atoms with van der Waals surface area (Å²) in [7, 11) is 0. The summed E-state index contributed by atoms with van der Waals surface area (Å²) >= 11 is 0. The van der Waals surface area contributed by atoms with Gasteiger partial charge < -0.3 is 5.32 Å². The van der Waals surface area contributed by atoms with E-state index in [-0.39, 0.29) is 11.9 Å². The van der Waals surface area contributed by atoms with Gasteiger partial charge in [0.25, 0.3) is 5.56 Å². The van der Waals surface area contributed by atoms with Gasteiger partial charge in [-0.3, -0.25) is 9.78 Å². The van der Waals surface area contributed by atoms with Crippen molar-refractivity contribution in [1.29, 1.82) is 0 Å². The zero-order valence-electron chi connectivity index (χ0n) is 10.1. The zero-order chi connectivity index (χ0) is 12.4. The van der Waals surface area contributed by atoms with Crippen molar-refractivity contribution in [3.63, 3.8) is 0 Å². The van der Waals surface area contributed by atoms with Gasteiger partial charge in [-0.05, 0) is 31.1 Å². The van der Waals surface area contributed by atoms with E-state index in [1.807, 2.05) is 0 Å². The van der Waals surface area contributed by atoms with Crippen LogP contribution in [0.4, 0.5) is 5.82 Å². The summed E-state index contributed by atoms with van der Waals surface area (Å²) in [4.78, 5) is 24.4. The second-order valence-electron chi connectivity index (χ2n) is 4.96. The first-order valence-electron chi connectivity index (χ1n) is 6.02. The molecule has 94 valence electrons. The number of hydrogen-bond acceptors (Lipinski definition) is 4. The van der Waals surface area contributed by atoms with E-state index in [9.17, 15) is 9.59 Å². The third kappa shape index (κ3) is 2.75. The minimum absolute atomic E-state index is 0.205. The van der Waals surface area contributed by atoms with Crippen molar-refractivity contribution in [1.82, 2.24) is 15.2 Å². The molecule has 3 atom stereocenters. The molecule has 1 saturated carbocycles. The van der Waals surface area contributed by atoms with Crippen LogP contribution in [0.2, 0.25) is 0 Å². The van der Waals surface area contributed by atoms with Gasteiger partial charge in [-0.1, -0.05) is 13.8 Å². The van der Waals surface area contributed by atoms with Crippen LogP contribution in [-0.2, 0) is 0 Å². The molecule has 0 radical (unpaired) electrons. The fourth-order valence-electron chi connectivity index (χ4n) is 2.32. The molecule has 3 unspecified atom stereocenters. The average molecular weight is 238 g/mol. The van der Waals surface area contributed by atoms with Crippen molar-refractivity contribution in [2.45, 2.75) is 39.2 Å². The highest BCUT2D eigenvalue weighted by Crippen LogP contribution is 2.30. The van der Waals surface area contributed by atoms with E-state index in [1.54, 1.807) is 0 Å². The van der Waals surface area contributed by atoms with E-state index in [0.717, 1.165) is 25.2 Å². The van der Waals surface area contributed by atoms with Crippen LogP contribution in [0.25, 0.3) is 0 Å². The average Bonchev–Trinajstić information content (AvgIpc) is 2.27. The van der Waals surface area contributed by atoms with Gasteiger partial charge in [0.1, 0.15) is 0 Å². The minimum Gasteiger partial charge on any atom is -0.361 e. The van der Waals surface area contributed by atoms with Gasteiger partial charge >= 0.3 is 5.69 Å². The Morgan fingerprint density at radius 2 is 2.00 bits per heavy atom. The van der Waals surface area contributed by atoms with Crippen molar-refractivity contribution in [3.05, 3.63) is 20.8 Å². The molecule has 0 spiro atoms. The van der Waals surface area contributed by atoms with Crippen molar-refractivity contribution < 1.29 is 0 Å². The predicted molar refractivity (Wildman–Crippen MR) is 65.1 cm³/mol. The topological polar surface area (TPSA) is 90.6 Å². The van der Waals surface area contributed by atoms with Gasteiger partial charge in [0.2, 0.25) is 5.82 Å². The molecular formula is C11H18N4O2. The Hall–Kier alpha value is -1.59. The Morgan fingerprint density at radius 1 is 1.24 bits per heavy atom. The highest BCUT2D eigenvalue weighted by atomic mass is 16.2. The largest absolute Gasteiger partial charge is 0.361 e. The Morgan fingerprint density at radius 3 is 2.65 bits per heavy atom. The second kappa shape index (κ2) is 4.73. The standard InChI is InChI=1S/C11H18N4O2/c1-6-3-4-8(5-7(6)2)12-9-10(16)13-11(17)15-14-9/h6-8H,3-5H2,1-2H3,(H,12,14)(H2,13,15,16,17).